The number of nitrogens with one attached hydrogen (secondary N) is 1. The van der Waals surface area contributed by atoms with Crippen molar-refractivity contribution in [3.8, 4) is 5.75 Å². The molecule has 1 unspecified atom stereocenters. The monoisotopic (exact) mass is 725 g/mol. The first-order valence-corrected chi connectivity index (χ1v) is 20.4. The van der Waals surface area contributed by atoms with Crippen molar-refractivity contribution in [2.75, 3.05) is 57.9 Å². The number of benzene rings is 2. The molecule has 3 aliphatic heterocycles. The largest absolute Gasteiger partial charge is 0.483 e. The minimum absolute atomic E-state index is 0.152. The quantitative estimate of drug-likeness (QED) is 0.362. The third-order valence-corrected chi connectivity index (χ3v) is 14.4. The smallest absolute Gasteiger partial charge is 0.264 e. The highest BCUT2D eigenvalue weighted by atomic mass is 35.5. The summed E-state index contributed by atoms with van der Waals surface area (Å²) in [6, 6.07) is 11.5. The molecule has 1 saturated carbocycles. The van der Waals surface area contributed by atoms with Gasteiger partial charge in [-0.2, -0.15) is 0 Å². The Labute approximate surface area is 302 Å². The number of amides is 1. The van der Waals surface area contributed by atoms with Crippen LogP contribution in [0.2, 0.25) is 5.02 Å². The first-order chi connectivity index (χ1) is 24.0. The SMILES string of the molecule is CO[C@@]1(C)/C=C/C[C@H](C)[C@@H](CCN2CCOCC2)S(=O)(=O)NC(=O)c2ccc3c(c2)N(C[C@H]2CCCc4cc(Cl)ccc4C2O3)C[C@@H]2CC[C@H]21. The Morgan fingerprint density at radius 3 is 2.62 bits per heavy atom. The van der Waals surface area contributed by atoms with Crippen molar-refractivity contribution in [1.29, 1.82) is 0 Å². The van der Waals surface area contributed by atoms with E-state index in [2.05, 4.69) is 45.7 Å². The molecule has 2 aromatic carbocycles. The van der Waals surface area contributed by atoms with Gasteiger partial charge >= 0.3 is 0 Å². The number of rotatable bonds is 4. The van der Waals surface area contributed by atoms with Gasteiger partial charge in [-0.25, -0.2) is 13.1 Å². The predicted molar refractivity (Wildman–Crippen MR) is 197 cm³/mol. The van der Waals surface area contributed by atoms with Gasteiger partial charge in [0.15, 0.2) is 0 Å². The highest BCUT2D eigenvalue weighted by Crippen LogP contribution is 2.49. The molecule has 11 heteroatoms. The second-order valence-corrected chi connectivity index (χ2v) is 17.7. The summed E-state index contributed by atoms with van der Waals surface area (Å²) in [5.41, 5.74) is 3.07. The second kappa shape index (κ2) is 14.8. The van der Waals surface area contributed by atoms with Gasteiger partial charge in [-0.05, 0) is 118 Å². The van der Waals surface area contributed by atoms with Crippen LogP contribution < -0.4 is 14.4 Å². The van der Waals surface area contributed by atoms with Crippen LogP contribution in [0.25, 0.3) is 0 Å². The van der Waals surface area contributed by atoms with Crippen LogP contribution in [0, 0.1) is 23.7 Å². The van der Waals surface area contributed by atoms with Crippen LogP contribution in [0.15, 0.2) is 48.6 Å². The molecular weight excluding hydrogens is 674 g/mol. The lowest BCUT2D eigenvalue weighted by Gasteiger charge is -2.48. The highest BCUT2D eigenvalue weighted by Gasteiger charge is 2.46. The lowest BCUT2D eigenvalue weighted by atomic mass is 9.64. The van der Waals surface area contributed by atoms with Gasteiger partial charge in [-0.1, -0.05) is 36.7 Å². The number of methoxy groups -OCH3 is 1. The Bertz CT molecular complexity index is 1700. The molecule has 5 aliphatic rings. The molecule has 1 amide bonds. The summed E-state index contributed by atoms with van der Waals surface area (Å²) in [7, 11) is -2.23. The van der Waals surface area contributed by atoms with Crippen molar-refractivity contribution >= 4 is 33.2 Å². The number of ether oxygens (including phenoxy) is 3. The normalized spacial score (nSPS) is 33.6. The fourth-order valence-electron chi connectivity index (χ4n) is 9.05. The maximum absolute atomic E-state index is 14.1. The predicted octanol–water partition coefficient (Wildman–Crippen LogP) is 6.41. The minimum atomic E-state index is -4.02. The van der Waals surface area contributed by atoms with Crippen molar-refractivity contribution in [2.45, 2.75) is 75.7 Å². The van der Waals surface area contributed by atoms with E-state index in [0.29, 0.717) is 55.7 Å². The van der Waals surface area contributed by atoms with Crippen LogP contribution in [0.4, 0.5) is 5.69 Å². The van der Waals surface area contributed by atoms with E-state index in [1.54, 1.807) is 13.2 Å². The molecular formula is C39H52ClN3O6S. The maximum Gasteiger partial charge on any atom is 0.264 e. The Kier molecular flexibility index (Phi) is 10.6. The molecule has 9 nitrogen and oxygen atoms in total. The zero-order valence-corrected chi connectivity index (χ0v) is 31.2. The summed E-state index contributed by atoms with van der Waals surface area (Å²) in [5, 5.41) is -0.0187. The Morgan fingerprint density at radius 1 is 1.06 bits per heavy atom. The fraction of sp³-hybridized carbons (Fsp3) is 0.615. The number of nitrogens with zero attached hydrogens (tertiary/aromatic N) is 2. The lowest BCUT2D eigenvalue weighted by Crippen LogP contribution is -2.50. The fourth-order valence-corrected chi connectivity index (χ4v) is 10.9. The van der Waals surface area contributed by atoms with Gasteiger partial charge in [-0.3, -0.25) is 9.69 Å². The van der Waals surface area contributed by atoms with Crippen LogP contribution in [0.3, 0.4) is 0 Å². The van der Waals surface area contributed by atoms with E-state index in [1.165, 1.54) is 11.1 Å². The van der Waals surface area contributed by atoms with Gasteiger partial charge in [0.1, 0.15) is 11.9 Å². The number of aryl methyl sites for hydroxylation is 1. The number of carbonyl (C=O) groups excluding carboxylic acids is 1. The van der Waals surface area contributed by atoms with Crippen molar-refractivity contribution in [1.82, 2.24) is 9.62 Å². The minimum Gasteiger partial charge on any atom is -0.483 e. The third kappa shape index (κ3) is 7.33. The summed E-state index contributed by atoms with van der Waals surface area (Å²) in [6.07, 6.45) is 10.3. The van der Waals surface area contributed by atoms with Crippen molar-refractivity contribution in [3.63, 3.8) is 0 Å². The average molecular weight is 726 g/mol. The van der Waals surface area contributed by atoms with E-state index < -0.39 is 26.8 Å². The summed E-state index contributed by atoms with van der Waals surface area (Å²) in [4.78, 5) is 18.5. The zero-order valence-electron chi connectivity index (χ0n) is 29.6. The first-order valence-electron chi connectivity index (χ1n) is 18.5. The van der Waals surface area contributed by atoms with Gasteiger partial charge < -0.3 is 19.1 Å². The van der Waals surface area contributed by atoms with Gasteiger partial charge in [0, 0.05) is 49.8 Å². The average Bonchev–Trinajstić information content (AvgIpc) is 3.33. The van der Waals surface area contributed by atoms with E-state index in [0.717, 1.165) is 69.0 Å². The molecule has 7 rings (SSSR count). The number of carbonyl (C=O) groups is 1. The van der Waals surface area contributed by atoms with Crippen molar-refractivity contribution < 1.29 is 27.4 Å². The van der Waals surface area contributed by atoms with Gasteiger partial charge in [0.2, 0.25) is 10.0 Å². The van der Waals surface area contributed by atoms with Crippen LogP contribution in [0.1, 0.15) is 80.0 Å². The molecule has 50 heavy (non-hydrogen) atoms. The van der Waals surface area contributed by atoms with Gasteiger partial charge in [-0.15, -0.1) is 0 Å². The van der Waals surface area contributed by atoms with E-state index in [1.807, 2.05) is 25.1 Å². The molecule has 1 N–H and O–H groups in total. The standard InChI is InChI=1S/C39H52ClN3O6S/c1-26-6-5-16-39(2,47-3)33-13-9-29(33)24-43-25-30-8-4-7-27-22-31(40)11-12-32(27)37(30)49-35-14-10-28(23-34(35)43)38(44)41-50(45,46)36(26)15-17-42-18-20-48-21-19-42/h5,10-12,14,16,22-23,26,29-30,33,36-37H,4,6-9,13,15,17-21,24-25H2,1-3H3,(H,41,44)/b16-5+/t26-,29-,30+,33+,36+,37?,39-/m0/s1. The zero-order chi connectivity index (χ0) is 35.0. The molecule has 2 aromatic rings. The molecule has 0 aromatic heterocycles. The topological polar surface area (TPSA) is 97.4 Å². The van der Waals surface area contributed by atoms with E-state index in [9.17, 15) is 13.2 Å². The molecule has 1 saturated heterocycles. The number of anilines is 1. The summed E-state index contributed by atoms with van der Waals surface area (Å²) < 4.78 is 49.4. The van der Waals surface area contributed by atoms with Crippen LogP contribution in [0.5, 0.6) is 5.75 Å². The molecule has 2 aliphatic carbocycles. The molecule has 2 bridgehead atoms. The number of halogens is 1. The number of hydrogen-bond acceptors (Lipinski definition) is 8. The van der Waals surface area contributed by atoms with Crippen molar-refractivity contribution in [3.05, 3.63) is 70.3 Å². The number of fused-ring (bicyclic) bond motifs is 5. The summed E-state index contributed by atoms with van der Waals surface area (Å²) >= 11 is 6.43. The molecule has 7 atom stereocenters. The Morgan fingerprint density at radius 2 is 1.86 bits per heavy atom. The van der Waals surface area contributed by atoms with E-state index in [4.69, 9.17) is 25.8 Å². The molecule has 0 radical (unpaired) electrons. The molecule has 0 spiro atoms. The Balaban J connectivity index is 1.26. The lowest BCUT2D eigenvalue weighted by molar-refractivity contribution is -0.0621. The number of sulfonamides is 1. The summed E-state index contributed by atoms with van der Waals surface area (Å²) in [6.45, 7) is 9.18. The number of morpholine rings is 1. The summed E-state index contributed by atoms with van der Waals surface area (Å²) in [5.74, 6) is 0.808. The van der Waals surface area contributed by atoms with Crippen molar-refractivity contribution in [2.24, 2.45) is 23.7 Å². The molecule has 272 valence electrons. The van der Waals surface area contributed by atoms with E-state index >= 15 is 0 Å². The molecule has 2 fully saturated rings. The highest BCUT2D eigenvalue weighted by molar-refractivity contribution is 7.90. The van der Waals surface area contributed by atoms with Crippen LogP contribution in [-0.4, -0.2) is 83.1 Å². The van der Waals surface area contributed by atoms with Crippen LogP contribution in [-0.2, 0) is 25.9 Å². The first kappa shape index (κ1) is 35.8. The second-order valence-electron chi connectivity index (χ2n) is 15.3. The molecule has 3 heterocycles. The number of allylic oxidation sites excluding steroid dienone is 1. The number of hydrogen-bond donors (Lipinski definition) is 1. The van der Waals surface area contributed by atoms with Gasteiger partial charge in [0.05, 0.1) is 29.8 Å². The third-order valence-electron chi connectivity index (χ3n) is 12.2. The maximum atomic E-state index is 14.1. The van der Waals surface area contributed by atoms with Gasteiger partial charge in [0.25, 0.3) is 5.91 Å². The Hall–Kier alpha value is -2.63. The van der Waals surface area contributed by atoms with Crippen LogP contribution >= 0.6 is 11.6 Å². The van der Waals surface area contributed by atoms with E-state index in [-0.39, 0.29) is 17.9 Å².